The van der Waals surface area contributed by atoms with Crippen LogP contribution in [-0.2, 0) is 27.7 Å². The Hall–Kier alpha value is -1.96. The number of benzene rings is 1. The van der Waals surface area contributed by atoms with Gasteiger partial charge in [0.05, 0.1) is 17.0 Å². The molecule has 10 heteroatoms. The number of sulfonamides is 1. The molecule has 2 aromatic rings. The largest absolute Gasteiger partial charge is 0.315 e. The van der Waals surface area contributed by atoms with E-state index in [0.29, 0.717) is 47.7 Å². The maximum atomic E-state index is 12.8. The van der Waals surface area contributed by atoms with E-state index in [1.807, 2.05) is 4.90 Å². The Morgan fingerprint density at radius 3 is 2.59 bits per heavy atom. The van der Waals surface area contributed by atoms with Crippen molar-refractivity contribution >= 4 is 43.9 Å². The summed E-state index contributed by atoms with van der Waals surface area (Å²) >= 11 is 7.37. The predicted octanol–water partition coefficient (Wildman–Crippen LogP) is 3.34. The minimum atomic E-state index is -3.58. The lowest BCUT2D eigenvalue weighted by atomic mass is 9.89. The van der Waals surface area contributed by atoms with Crippen LogP contribution >= 0.6 is 22.9 Å². The molecule has 170 valence electrons. The van der Waals surface area contributed by atoms with Crippen molar-refractivity contribution in [2.24, 2.45) is 5.92 Å². The molecule has 0 spiro atoms. The number of carbonyl (C=O) groups excluding carboxylic acids is 1. The first kappa shape index (κ1) is 23.2. The van der Waals surface area contributed by atoms with Crippen molar-refractivity contribution in [1.29, 1.82) is 5.26 Å². The van der Waals surface area contributed by atoms with Gasteiger partial charge < -0.3 is 5.32 Å². The molecule has 32 heavy (non-hydrogen) atoms. The highest BCUT2D eigenvalue weighted by atomic mass is 35.5. The lowest BCUT2D eigenvalue weighted by Crippen LogP contribution is -2.50. The van der Waals surface area contributed by atoms with Crippen LogP contribution in [0.3, 0.4) is 0 Å². The van der Waals surface area contributed by atoms with Crippen molar-refractivity contribution < 1.29 is 13.2 Å². The van der Waals surface area contributed by atoms with Gasteiger partial charge in [-0.2, -0.15) is 9.57 Å². The zero-order valence-electron chi connectivity index (χ0n) is 17.8. The van der Waals surface area contributed by atoms with Gasteiger partial charge in [0.25, 0.3) is 0 Å². The van der Waals surface area contributed by atoms with Gasteiger partial charge in [0, 0.05) is 36.1 Å². The second-order valence-corrected chi connectivity index (χ2v) is 11.8. The number of thiophene rings is 1. The minimum Gasteiger partial charge on any atom is -0.315 e. The highest BCUT2D eigenvalue weighted by Gasteiger charge is 2.30. The number of rotatable bonds is 5. The van der Waals surface area contributed by atoms with Gasteiger partial charge in [0.15, 0.2) is 0 Å². The van der Waals surface area contributed by atoms with Crippen LogP contribution in [0.5, 0.6) is 0 Å². The maximum Gasteiger partial charge on any atom is 0.243 e. The number of halogens is 1. The van der Waals surface area contributed by atoms with Crippen LogP contribution in [0.15, 0.2) is 29.2 Å². The van der Waals surface area contributed by atoms with Crippen LogP contribution in [0, 0.1) is 17.2 Å². The summed E-state index contributed by atoms with van der Waals surface area (Å²) < 4.78 is 27.1. The standard InChI is InChI=1S/C22H25ClN4O3S2/c1-15-2-7-18-19(13-24)22(31-20(18)12-15)25-21(28)14-26-8-10-27(11-9-26)32(29,30)17-5-3-16(23)4-6-17/h3-6,15H,2,7-12,14H2,1H3,(H,25,28)/t15-/m0/s1. The van der Waals surface area contributed by atoms with Crippen LogP contribution in [-0.4, -0.2) is 56.3 Å². The fraction of sp³-hybridized carbons (Fsp3) is 0.455. The molecular weight excluding hydrogens is 468 g/mol. The maximum absolute atomic E-state index is 12.8. The SMILES string of the molecule is C[C@H]1CCc2c(sc(NC(=O)CN3CCN(S(=O)(=O)c4ccc(Cl)cc4)CC3)c2C#N)C1. The molecule has 1 amide bonds. The van der Waals surface area contributed by atoms with Gasteiger partial charge >= 0.3 is 0 Å². The van der Waals surface area contributed by atoms with E-state index in [-0.39, 0.29) is 17.3 Å². The summed E-state index contributed by atoms with van der Waals surface area (Å²) in [7, 11) is -3.58. The summed E-state index contributed by atoms with van der Waals surface area (Å²) in [4.78, 5) is 16.0. The van der Waals surface area contributed by atoms with Crippen LogP contribution in [0.4, 0.5) is 5.00 Å². The first-order valence-corrected chi connectivity index (χ1v) is 13.2. The number of anilines is 1. The monoisotopic (exact) mass is 492 g/mol. The topological polar surface area (TPSA) is 93.5 Å². The zero-order valence-corrected chi connectivity index (χ0v) is 20.2. The number of piperazine rings is 1. The van der Waals surface area contributed by atoms with E-state index >= 15 is 0 Å². The number of nitrogens with zero attached hydrogens (tertiary/aromatic N) is 3. The predicted molar refractivity (Wildman–Crippen MR) is 126 cm³/mol. The smallest absolute Gasteiger partial charge is 0.243 e. The molecule has 0 saturated carbocycles. The van der Waals surface area contributed by atoms with E-state index in [9.17, 15) is 18.5 Å². The van der Waals surface area contributed by atoms with E-state index < -0.39 is 10.0 Å². The number of nitrogens with one attached hydrogen (secondary N) is 1. The first-order chi connectivity index (χ1) is 15.3. The van der Waals surface area contributed by atoms with Crippen molar-refractivity contribution in [1.82, 2.24) is 9.21 Å². The number of fused-ring (bicyclic) bond motifs is 1. The highest BCUT2D eigenvalue weighted by molar-refractivity contribution is 7.89. The van der Waals surface area contributed by atoms with Crippen LogP contribution < -0.4 is 5.32 Å². The van der Waals surface area contributed by atoms with Crippen LogP contribution in [0.2, 0.25) is 5.02 Å². The van der Waals surface area contributed by atoms with E-state index in [1.54, 1.807) is 12.1 Å². The molecule has 1 fully saturated rings. The Balaban J connectivity index is 1.34. The Morgan fingerprint density at radius 1 is 1.25 bits per heavy atom. The quantitative estimate of drug-likeness (QED) is 0.690. The van der Waals surface area contributed by atoms with Crippen molar-refractivity contribution in [3.05, 3.63) is 45.3 Å². The van der Waals surface area contributed by atoms with E-state index in [0.717, 1.165) is 24.8 Å². The van der Waals surface area contributed by atoms with Gasteiger partial charge in [-0.3, -0.25) is 9.69 Å². The normalized spacial score (nSPS) is 19.8. The summed E-state index contributed by atoms with van der Waals surface area (Å²) in [6.45, 7) is 3.92. The molecule has 0 radical (unpaired) electrons. The highest BCUT2D eigenvalue weighted by Crippen LogP contribution is 2.39. The zero-order chi connectivity index (χ0) is 22.9. The van der Waals surface area contributed by atoms with Crippen molar-refractivity contribution in [3.63, 3.8) is 0 Å². The van der Waals surface area contributed by atoms with E-state index in [4.69, 9.17) is 11.6 Å². The Bertz CT molecular complexity index is 1150. The van der Waals surface area contributed by atoms with Gasteiger partial charge in [-0.1, -0.05) is 18.5 Å². The Morgan fingerprint density at radius 2 is 1.94 bits per heavy atom. The third kappa shape index (κ3) is 4.85. The number of nitriles is 1. The summed E-state index contributed by atoms with van der Waals surface area (Å²) in [5.74, 6) is 0.416. The molecular formula is C22H25ClN4O3S2. The second-order valence-electron chi connectivity index (χ2n) is 8.35. The summed E-state index contributed by atoms with van der Waals surface area (Å²) in [5.41, 5.74) is 1.69. The molecule has 1 aliphatic carbocycles. The third-order valence-electron chi connectivity index (χ3n) is 6.03. The second kappa shape index (κ2) is 9.49. The molecule has 1 saturated heterocycles. The number of carbonyl (C=O) groups is 1. The van der Waals surface area contributed by atoms with Gasteiger partial charge in [-0.05, 0) is 55.0 Å². The molecule has 1 atom stereocenters. The summed E-state index contributed by atoms with van der Waals surface area (Å²) in [6.07, 6.45) is 2.90. The molecule has 2 aliphatic rings. The average molecular weight is 493 g/mol. The molecule has 1 aromatic carbocycles. The average Bonchev–Trinajstić information content (AvgIpc) is 3.10. The van der Waals surface area contributed by atoms with Crippen molar-refractivity contribution in [3.8, 4) is 6.07 Å². The molecule has 2 heterocycles. The Kier molecular flexibility index (Phi) is 6.89. The Labute approximate surface area is 197 Å². The van der Waals surface area contributed by atoms with Gasteiger partial charge in [0.2, 0.25) is 15.9 Å². The molecule has 1 aromatic heterocycles. The fourth-order valence-electron chi connectivity index (χ4n) is 4.21. The lowest BCUT2D eigenvalue weighted by Gasteiger charge is -2.33. The summed E-state index contributed by atoms with van der Waals surface area (Å²) in [6, 6.07) is 8.41. The minimum absolute atomic E-state index is 0.165. The fourth-order valence-corrected chi connectivity index (χ4v) is 7.14. The van der Waals surface area contributed by atoms with Gasteiger partial charge in [0.1, 0.15) is 11.1 Å². The molecule has 1 N–H and O–H groups in total. The molecule has 4 rings (SSSR count). The molecule has 1 aliphatic heterocycles. The van der Waals surface area contributed by atoms with E-state index in [1.165, 1.54) is 32.7 Å². The first-order valence-electron chi connectivity index (χ1n) is 10.6. The molecule has 7 nitrogen and oxygen atoms in total. The van der Waals surface area contributed by atoms with Gasteiger partial charge in [-0.15, -0.1) is 11.3 Å². The van der Waals surface area contributed by atoms with E-state index in [2.05, 4.69) is 18.3 Å². The van der Waals surface area contributed by atoms with Gasteiger partial charge in [-0.25, -0.2) is 8.42 Å². The third-order valence-corrected chi connectivity index (χ3v) is 9.36. The van der Waals surface area contributed by atoms with Crippen molar-refractivity contribution in [2.75, 3.05) is 38.0 Å². The van der Waals surface area contributed by atoms with Crippen LogP contribution in [0.1, 0.15) is 29.3 Å². The molecule has 0 bridgehead atoms. The van der Waals surface area contributed by atoms with Crippen molar-refractivity contribution in [2.45, 2.75) is 31.1 Å². The number of hydrogen-bond donors (Lipinski definition) is 1. The summed E-state index contributed by atoms with van der Waals surface area (Å²) in [5, 5.41) is 13.7. The lowest BCUT2D eigenvalue weighted by molar-refractivity contribution is -0.117. The molecule has 0 unspecified atom stereocenters. The number of hydrogen-bond acceptors (Lipinski definition) is 6. The number of amides is 1. The van der Waals surface area contributed by atoms with Crippen LogP contribution in [0.25, 0.3) is 0 Å².